The largest absolute Gasteiger partial charge is 0.342 e. The molecule has 3 aliphatic rings. The van der Waals surface area contributed by atoms with Crippen LogP contribution < -0.4 is 0 Å². The van der Waals surface area contributed by atoms with E-state index in [1.165, 1.54) is 11.1 Å². The molecule has 0 unspecified atom stereocenters. The number of rotatable bonds is 3. The van der Waals surface area contributed by atoms with Crippen molar-refractivity contribution in [1.29, 1.82) is 0 Å². The molecule has 25 heavy (non-hydrogen) atoms. The number of carbonyl (C=O) groups is 2. The molecule has 0 spiro atoms. The fourth-order valence-electron chi connectivity index (χ4n) is 3.98. The van der Waals surface area contributed by atoms with E-state index in [2.05, 4.69) is 30.3 Å². The van der Waals surface area contributed by atoms with E-state index in [9.17, 15) is 9.59 Å². The van der Waals surface area contributed by atoms with Crippen LogP contribution in [0.4, 0.5) is 0 Å². The van der Waals surface area contributed by atoms with Crippen LogP contribution in [0.1, 0.15) is 37.7 Å². The standard InChI is InChI=1S/C21H26N2O2/c24-20(18-6-7-18)23-14-10-19(11-15-23)21(25)22-12-8-17(9-13-22)16-4-2-1-3-5-16/h1-5,8,18-19H,6-7,9-15H2. The molecular weight excluding hydrogens is 312 g/mol. The van der Waals surface area contributed by atoms with Gasteiger partial charge in [0, 0.05) is 38.0 Å². The van der Waals surface area contributed by atoms with Crippen LogP contribution in [0.3, 0.4) is 0 Å². The van der Waals surface area contributed by atoms with Crippen LogP contribution in [-0.2, 0) is 9.59 Å². The Bertz CT molecular complexity index is 670. The van der Waals surface area contributed by atoms with Gasteiger partial charge < -0.3 is 9.80 Å². The van der Waals surface area contributed by atoms with Crippen molar-refractivity contribution in [3.63, 3.8) is 0 Å². The first kappa shape index (κ1) is 16.4. The smallest absolute Gasteiger partial charge is 0.226 e. The number of hydrogen-bond acceptors (Lipinski definition) is 2. The Morgan fingerprint density at radius 2 is 1.44 bits per heavy atom. The SMILES string of the molecule is O=C(C1CCN(C(=O)C2CC2)CC1)N1CC=C(c2ccccc2)CC1. The lowest BCUT2D eigenvalue weighted by molar-refractivity contribution is -0.141. The molecule has 1 aliphatic carbocycles. The molecule has 0 bridgehead atoms. The van der Waals surface area contributed by atoms with Crippen molar-refractivity contribution in [2.45, 2.75) is 32.1 Å². The van der Waals surface area contributed by atoms with Gasteiger partial charge in [-0.2, -0.15) is 0 Å². The minimum Gasteiger partial charge on any atom is -0.342 e. The Hall–Kier alpha value is -2.10. The molecular formula is C21H26N2O2. The molecule has 0 aromatic heterocycles. The second-order valence-corrected chi connectivity index (χ2v) is 7.50. The van der Waals surface area contributed by atoms with Crippen LogP contribution in [0, 0.1) is 11.8 Å². The van der Waals surface area contributed by atoms with Gasteiger partial charge in [0.1, 0.15) is 0 Å². The number of carbonyl (C=O) groups excluding carboxylic acids is 2. The van der Waals surface area contributed by atoms with Crippen molar-refractivity contribution in [2.75, 3.05) is 26.2 Å². The second kappa shape index (κ2) is 7.03. The minimum absolute atomic E-state index is 0.0925. The Balaban J connectivity index is 1.30. The fourth-order valence-corrected chi connectivity index (χ4v) is 3.98. The Morgan fingerprint density at radius 1 is 0.800 bits per heavy atom. The molecule has 2 aliphatic heterocycles. The monoisotopic (exact) mass is 338 g/mol. The van der Waals surface area contributed by atoms with E-state index in [0.29, 0.717) is 12.5 Å². The molecule has 2 heterocycles. The van der Waals surface area contributed by atoms with Crippen molar-refractivity contribution in [3.05, 3.63) is 42.0 Å². The molecule has 132 valence electrons. The van der Waals surface area contributed by atoms with E-state index < -0.39 is 0 Å². The average Bonchev–Trinajstić information content (AvgIpc) is 3.53. The number of benzene rings is 1. The van der Waals surface area contributed by atoms with Gasteiger partial charge in [-0.1, -0.05) is 36.4 Å². The highest BCUT2D eigenvalue weighted by atomic mass is 16.2. The predicted molar refractivity (Wildman–Crippen MR) is 97.6 cm³/mol. The van der Waals surface area contributed by atoms with Gasteiger partial charge in [0.2, 0.25) is 11.8 Å². The quantitative estimate of drug-likeness (QED) is 0.850. The van der Waals surface area contributed by atoms with Gasteiger partial charge >= 0.3 is 0 Å². The normalized spacial score (nSPS) is 21.8. The molecule has 2 amide bonds. The first-order valence-corrected chi connectivity index (χ1v) is 9.54. The highest BCUT2D eigenvalue weighted by molar-refractivity contribution is 5.83. The average molecular weight is 338 g/mol. The van der Waals surface area contributed by atoms with Crippen LogP contribution in [0.2, 0.25) is 0 Å². The maximum atomic E-state index is 12.8. The predicted octanol–water partition coefficient (Wildman–Crippen LogP) is 2.95. The summed E-state index contributed by atoms with van der Waals surface area (Å²) >= 11 is 0. The zero-order valence-corrected chi connectivity index (χ0v) is 14.7. The summed E-state index contributed by atoms with van der Waals surface area (Å²) < 4.78 is 0. The van der Waals surface area contributed by atoms with Gasteiger partial charge in [-0.05, 0) is 43.2 Å². The van der Waals surface area contributed by atoms with Gasteiger partial charge in [0.15, 0.2) is 0 Å². The fraction of sp³-hybridized carbons (Fsp3) is 0.524. The summed E-state index contributed by atoms with van der Waals surface area (Å²) in [6.45, 7) is 3.03. The van der Waals surface area contributed by atoms with Crippen LogP contribution in [0.5, 0.6) is 0 Å². The highest BCUT2D eigenvalue weighted by Gasteiger charge is 2.36. The van der Waals surface area contributed by atoms with Gasteiger partial charge in [0.25, 0.3) is 0 Å². The molecule has 1 saturated heterocycles. The molecule has 1 saturated carbocycles. The lowest BCUT2D eigenvalue weighted by Gasteiger charge is -2.35. The Morgan fingerprint density at radius 3 is 2.04 bits per heavy atom. The van der Waals surface area contributed by atoms with Crippen molar-refractivity contribution in [3.8, 4) is 0 Å². The highest BCUT2D eigenvalue weighted by Crippen LogP contribution is 2.33. The summed E-state index contributed by atoms with van der Waals surface area (Å²) in [5.41, 5.74) is 2.61. The van der Waals surface area contributed by atoms with E-state index in [0.717, 1.165) is 51.7 Å². The van der Waals surface area contributed by atoms with Crippen LogP contribution in [0.15, 0.2) is 36.4 Å². The molecule has 1 aromatic carbocycles. The maximum Gasteiger partial charge on any atom is 0.226 e. The third-order valence-electron chi connectivity index (χ3n) is 5.75. The third-order valence-corrected chi connectivity index (χ3v) is 5.75. The topological polar surface area (TPSA) is 40.6 Å². The first-order valence-electron chi connectivity index (χ1n) is 9.54. The molecule has 1 aromatic rings. The van der Waals surface area contributed by atoms with Crippen molar-refractivity contribution >= 4 is 17.4 Å². The van der Waals surface area contributed by atoms with Gasteiger partial charge in [-0.15, -0.1) is 0 Å². The number of hydrogen-bond donors (Lipinski definition) is 0. The van der Waals surface area contributed by atoms with Gasteiger partial charge in [-0.25, -0.2) is 0 Å². The molecule has 4 heteroatoms. The number of piperidine rings is 1. The van der Waals surface area contributed by atoms with E-state index in [1.54, 1.807) is 0 Å². The second-order valence-electron chi connectivity index (χ2n) is 7.50. The summed E-state index contributed by atoms with van der Waals surface area (Å²) in [5.74, 6) is 0.979. The summed E-state index contributed by atoms with van der Waals surface area (Å²) in [4.78, 5) is 28.9. The zero-order chi connectivity index (χ0) is 17.2. The van der Waals surface area contributed by atoms with Crippen molar-refractivity contribution in [2.24, 2.45) is 11.8 Å². The summed E-state index contributed by atoms with van der Waals surface area (Å²) in [6, 6.07) is 10.4. The van der Waals surface area contributed by atoms with Crippen molar-refractivity contribution in [1.82, 2.24) is 9.80 Å². The number of nitrogens with zero attached hydrogens (tertiary/aromatic N) is 2. The van der Waals surface area contributed by atoms with Crippen LogP contribution in [0.25, 0.3) is 5.57 Å². The molecule has 0 N–H and O–H groups in total. The third kappa shape index (κ3) is 3.63. The van der Waals surface area contributed by atoms with E-state index in [-0.39, 0.29) is 17.7 Å². The summed E-state index contributed by atoms with van der Waals surface area (Å²) in [6.07, 6.45) is 6.88. The Kier molecular flexibility index (Phi) is 4.60. The summed E-state index contributed by atoms with van der Waals surface area (Å²) in [7, 11) is 0. The van der Waals surface area contributed by atoms with Crippen LogP contribution >= 0.6 is 0 Å². The number of likely N-dealkylation sites (tertiary alicyclic amines) is 1. The maximum absolute atomic E-state index is 12.8. The van der Waals surface area contributed by atoms with E-state index in [1.807, 2.05) is 15.9 Å². The zero-order valence-electron chi connectivity index (χ0n) is 14.7. The van der Waals surface area contributed by atoms with E-state index >= 15 is 0 Å². The molecule has 2 fully saturated rings. The van der Waals surface area contributed by atoms with Gasteiger partial charge in [-0.3, -0.25) is 9.59 Å². The number of amides is 2. The molecule has 4 rings (SSSR count). The lowest BCUT2D eigenvalue weighted by atomic mass is 9.93. The Labute approximate surface area is 149 Å². The minimum atomic E-state index is 0.0925. The summed E-state index contributed by atoms with van der Waals surface area (Å²) in [5, 5.41) is 0. The van der Waals surface area contributed by atoms with Crippen molar-refractivity contribution < 1.29 is 9.59 Å². The van der Waals surface area contributed by atoms with Crippen LogP contribution in [-0.4, -0.2) is 47.8 Å². The first-order chi connectivity index (χ1) is 12.2. The molecule has 0 atom stereocenters. The lowest BCUT2D eigenvalue weighted by Crippen LogP contribution is -2.45. The molecule has 4 nitrogen and oxygen atoms in total. The van der Waals surface area contributed by atoms with Gasteiger partial charge in [0.05, 0.1) is 0 Å². The van der Waals surface area contributed by atoms with E-state index in [4.69, 9.17) is 0 Å². The molecule has 0 radical (unpaired) electrons.